The summed E-state index contributed by atoms with van der Waals surface area (Å²) in [5.41, 5.74) is 8.72. The van der Waals surface area contributed by atoms with Crippen LogP contribution in [0.15, 0.2) is 48.5 Å². The molecule has 0 radical (unpaired) electrons. The molecule has 1 saturated carbocycles. The third-order valence-corrected chi connectivity index (χ3v) is 13.5. The van der Waals surface area contributed by atoms with Gasteiger partial charge >= 0.3 is 0 Å². The number of rotatable bonds is 18. The van der Waals surface area contributed by atoms with E-state index >= 15 is 0 Å². The summed E-state index contributed by atoms with van der Waals surface area (Å²) in [6, 6.07) is 15.8. The van der Waals surface area contributed by atoms with E-state index in [-0.39, 0.29) is 42.5 Å². The summed E-state index contributed by atoms with van der Waals surface area (Å²) in [6.45, 7) is 22.0. The minimum atomic E-state index is -0.864. The zero-order chi connectivity index (χ0) is 40.7. The average Bonchev–Trinajstić information content (AvgIpc) is 3.80. The lowest BCUT2D eigenvalue weighted by molar-refractivity contribution is -0.182. The maximum atomic E-state index is 14.3. The zero-order valence-electron chi connectivity index (χ0n) is 35.3. The fraction of sp³-hybridized carbons (Fsp3) is 0.689. The highest BCUT2D eigenvalue weighted by atomic mass is 16.7. The van der Waals surface area contributed by atoms with Gasteiger partial charge in [-0.05, 0) is 92.0 Å². The summed E-state index contributed by atoms with van der Waals surface area (Å²) in [7, 11) is 0. The van der Waals surface area contributed by atoms with E-state index in [1.807, 2.05) is 24.3 Å². The minimum Gasteiger partial charge on any atom is -0.483 e. The van der Waals surface area contributed by atoms with E-state index in [0.717, 1.165) is 49.2 Å². The van der Waals surface area contributed by atoms with Crippen molar-refractivity contribution < 1.29 is 29.4 Å². The lowest BCUT2D eigenvalue weighted by Crippen LogP contribution is -2.56. The Morgan fingerprint density at radius 2 is 1.73 bits per heavy atom. The fourth-order valence-corrected chi connectivity index (χ4v) is 9.55. The molecule has 11 nitrogen and oxygen atoms in total. The van der Waals surface area contributed by atoms with Gasteiger partial charge < -0.3 is 30.9 Å². The van der Waals surface area contributed by atoms with Gasteiger partial charge in [-0.2, -0.15) is 5.06 Å². The molecule has 3 fully saturated rings. The number of benzene rings is 2. The zero-order valence-corrected chi connectivity index (χ0v) is 35.3. The largest absolute Gasteiger partial charge is 0.483 e. The molecule has 56 heavy (non-hydrogen) atoms. The van der Waals surface area contributed by atoms with E-state index in [4.69, 9.17) is 15.3 Å². The number of carbonyl (C=O) groups excluding carboxylic acids is 2. The molecule has 0 unspecified atom stereocenters. The van der Waals surface area contributed by atoms with E-state index in [0.29, 0.717) is 43.1 Å². The van der Waals surface area contributed by atoms with Gasteiger partial charge in [0.2, 0.25) is 5.91 Å². The van der Waals surface area contributed by atoms with Crippen LogP contribution < -0.4 is 15.8 Å². The number of primary amides is 1. The second kappa shape index (κ2) is 19.6. The van der Waals surface area contributed by atoms with Gasteiger partial charge in [-0.25, -0.2) is 0 Å². The van der Waals surface area contributed by atoms with Crippen LogP contribution in [0.25, 0.3) is 0 Å². The first-order valence-electron chi connectivity index (χ1n) is 21.1. The van der Waals surface area contributed by atoms with Gasteiger partial charge in [-0.15, -0.1) is 0 Å². The van der Waals surface area contributed by atoms with Crippen molar-refractivity contribution in [1.82, 2.24) is 20.2 Å². The molecule has 1 aliphatic carbocycles. The summed E-state index contributed by atoms with van der Waals surface area (Å²) >= 11 is 0. The number of likely N-dealkylation sites (tertiary alicyclic amines) is 1. The van der Waals surface area contributed by atoms with Crippen molar-refractivity contribution >= 4 is 11.8 Å². The molecule has 5 rings (SSSR count). The molecule has 312 valence electrons. The Bertz CT molecular complexity index is 1580. The van der Waals surface area contributed by atoms with Crippen molar-refractivity contribution in [3.8, 4) is 5.75 Å². The van der Waals surface area contributed by atoms with Crippen molar-refractivity contribution in [3.63, 3.8) is 0 Å². The van der Waals surface area contributed by atoms with Crippen molar-refractivity contribution in [2.24, 2.45) is 40.7 Å². The second-order valence-electron chi connectivity index (χ2n) is 18.3. The predicted octanol–water partition coefficient (Wildman–Crippen LogP) is 5.36. The number of nitrogens with one attached hydrogen (secondary N) is 1. The van der Waals surface area contributed by atoms with Crippen molar-refractivity contribution in [3.05, 3.63) is 65.2 Å². The number of aliphatic hydroxyl groups excluding tert-OH is 2. The topological polar surface area (TPSA) is 141 Å². The Balaban J connectivity index is 1.40. The highest BCUT2D eigenvalue weighted by Crippen LogP contribution is 2.47. The number of amides is 2. The molecule has 9 atom stereocenters. The Morgan fingerprint density at radius 3 is 2.39 bits per heavy atom. The van der Waals surface area contributed by atoms with E-state index in [1.165, 1.54) is 12.8 Å². The van der Waals surface area contributed by atoms with Gasteiger partial charge in [-0.1, -0.05) is 90.9 Å². The highest BCUT2D eigenvalue weighted by Gasteiger charge is 2.51. The second-order valence-corrected chi connectivity index (χ2v) is 18.3. The molecular weight excluding hydrogens is 707 g/mol. The first kappa shape index (κ1) is 44.1. The molecule has 2 aromatic rings. The van der Waals surface area contributed by atoms with Crippen LogP contribution in [0.2, 0.25) is 0 Å². The van der Waals surface area contributed by atoms with Gasteiger partial charge in [-0.3, -0.25) is 19.3 Å². The Hall–Kier alpha value is -3.06. The summed E-state index contributed by atoms with van der Waals surface area (Å²) < 4.78 is 5.88. The summed E-state index contributed by atoms with van der Waals surface area (Å²) in [6.07, 6.45) is 2.79. The van der Waals surface area contributed by atoms with E-state index in [9.17, 15) is 19.8 Å². The van der Waals surface area contributed by atoms with Gasteiger partial charge in [0.1, 0.15) is 17.9 Å². The van der Waals surface area contributed by atoms with Gasteiger partial charge in [0.15, 0.2) is 6.61 Å². The molecule has 0 spiro atoms. The molecule has 2 amide bonds. The van der Waals surface area contributed by atoms with Crippen molar-refractivity contribution in [1.29, 1.82) is 0 Å². The number of ether oxygens (including phenoxy) is 1. The lowest BCUT2D eigenvalue weighted by Gasteiger charge is -2.50. The SMILES string of the molecule is CC(C)C[C@@H](CN1CCCC1)N(Cc1cccc(CN2O[C@@H](CO)[C@@H]([C@H](C)O)[C@H]2C(=O)N[C@H]2C[C@@H](C)C(C)(C)[C@@H](C)[C@@H]2C)c1)Cc1ccccc1OCC(N)=O. The molecule has 2 saturated heterocycles. The smallest absolute Gasteiger partial charge is 0.255 e. The maximum absolute atomic E-state index is 14.3. The normalized spacial score (nSPS) is 28.1. The van der Waals surface area contributed by atoms with Crippen molar-refractivity contribution in [2.75, 3.05) is 32.8 Å². The number of nitrogens with two attached hydrogens (primary N) is 1. The van der Waals surface area contributed by atoms with Crippen LogP contribution in [0.3, 0.4) is 0 Å². The van der Waals surface area contributed by atoms with E-state index < -0.39 is 30.1 Å². The van der Waals surface area contributed by atoms with Crippen LogP contribution in [-0.2, 0) is 34.1 Å². The number of para-hydroxylation sites is 1. The first-order valence-corrected chi connectivity index (χ1v) is 21.1. The van der Waals surface area contributed by atoms with Crippen LogP contribution in [0.4, 0.5) is 0 Å². The number of carbonyl (C=O) groups is 2. The number of hydrogen-bond acceptors (Lipinski definition) is 9. The van der Waals surface area contributed by atoms with E-state index in [2.05, 4.69) is 87.8 Å². The molecule has 3 aliphatic rings. The number of nitrogens with zero attached hydrogens (tertiary/aromatic N) is 3. The molecule has 2 heterocycles. The monoisotopic (exact) mass is 778 g/mol. The highest BCUT2D eigenvalue weighted by molar-refractivity contribution is 5.82. The summed E-state index contributed by atoms with van der Waals surface area (Å²) in [4.78, 5) is 37.4. The molecule has 11 heteroatoms. The van der Waals surface area contributed by atoms with Crippen LogP contribution in [0.1, 0.15) is 97.8 Å². The Kier molecular flexibility index (Phi) is 15.4. The number of hydroxylamine groups is 2. The first-order chi connectivity index (χ1) is 26.6. The number of aliphatic hydroxyl groups is 2. The molecule has 5 N–H and O–H groups in total. The van der Waals surface area contributed by atoms with Crippen LogP contribution >= 0.6 is 0 Å². The van der Waals surface area contributed by atoms with Gasteiger partial charge in [0.05, 0.1) is 19.3 Å². The molecular formula is C45H71N5O6. The molecule has 0 bridgehead atoms. The third-order valence-electron chi connectivity index (χ3n) is 13.5. The van der Waals surface area contributed by atoms with E-state index in [1.54, 1.807) is 12.0 Å². The van der Waals surface area contributed by atoms with Gasteiger partial charge in [0, 0.05) is 43.2 Å². The quantitative estimate of drug-likeness (QED) is 0.158. The number of hydrogen-bond donors (Lipinski definition) is 4. The van der Waals surface area contributed by atoms with Crippen LogP contribution in [-0.4, -0.2) is 100 Å². The van der Waals surface area contributed by atoms with Gasteiger partial charge in [0.25, 0.3) is 5.91 Å². The third kappa shape index (κ3) is 10.9. The summed E-state index contributed by atoms with van der Waals surface area (Å²) in [5.74, 6) is 1.01. The fourth-order valence-electron chi connectivity index (χ4n) is 9.55. The molecule has 2 aliphatic heterocycles. The standard InChI is InChI=1S/C45H71N5O6/c1-29(2)20-37(26-48-18-11-12-19-48)49(25-36-16-9-10-17-39(36)55-28-41(46)53)23-34-14-13-15-35(22-34)24-50-43(42(33(6)52)40(27-51)56-50)44(54)47-38-21-30(3)45(7,8)32(5)31(38)4/h9-10,13-17,22,29-33,37-38,40,42-43,51-52H,11-12,18-21,23-28H2,1-8H3,(H2,46,53)(H,47,54)/t30-,31+,32+,33+,37+,38+,40+,42-,43+/m1/s1. The van der Waals surface area contributed by atoms with Crippen LogP contribution in [0.5, 0.6) is 5.75 Å². The Morgan fingerprint density at radius 1 is 1.04 bits per heavy atom. The minimum absolute atomic E-state index is 0.00480. The average molecular weight is 778 g/mol. The molecule has 2 aromatic carbocycles. The Labute approximate surface area is 336 Å². The van der Waals surface area contributed by atoms with Crippen LogP contribution in [0, 0.1) is 35.0 Å². The predicted molar refractivity (Wildman–Crippen MR) is 220 cm³/mol. The molecule has 0 aromatic heterocycles. The summed E-state index contributed by atoms with van der Waals surface area (Å²) in [5, 5.41) is 26.5. The van der Waals surface area contributed by atoms with Crippen molar-refractivity contribution in [2.45, 2.75) is 131 Å². The lowest BCUT2D eigenvalue weighted by atomic mass is 9.58. The maximum Gasteiger partial charge on any atom is 0.255 e.